The van der Waals surface area contributed by atoms with Crippen LogP contribution in [0.15, 0.2) is 4.99 Å². The molecule has 0 spiro atoms. The molecule has 7 heteroatoms. The number of rotatable bonds is 6. The molecule has 1 unspecified atom stereocenters. The van der Waals surface area contributed by atoms with Crippen molar-refractivity contribution in [2.24, 2.45) is 4.99 Å². The third-order valence-electron chi connectivity index (χ3n) is 6.87. The van der Waals surface area contributed by atoms with Crippen molar-refractivity contribution in [3.63, 3.8) is 0 Å². The molecule has 0 aromatic rings. The van der Waals surface area contributed by atoms with Crippen LogP contribution in [-0.4, -0.2) is 72.5 Å². The average Bonchev–Trinajstić information content (AvgIpc) is 3.21. The van der Waals surface area contributed by atoms with E-state index in [9.17, 15) is 4.79 Å². The molecule has 168 valence electrons. The van der Waals surface area contributed by atoms with Crippen LogP contribution in [0.2, 0.25) is 0 Å². The van der Waals surface area contributed by atoms with Crippen molar-refractivity contribution in [1.29, 1.82) is 0 Å². The van der Waals surface area contributed by atoms with Crippen molar-refractivity contribution >= 4 is 35.8 Å². The van der Waals surface area contributed by atoms with Gasteiger partial charge in [-0.2, -0.15) is 0 Å². The van der Waals surface area contributed by atoms with E-state index in [0.717, 1.165) is 38.6 Å². The number of nitrogens with one attached hydrogen (secondary N) is 2. The number of likely N-dealkylation sites (tertiary alicyclic amines) is 2. The Morgan fingerprint density at radius 2 is 1.72 bits per heavy atom. The van der Waals surface area contributed by atoms with E-state index in [1.807, 2.05) is 11.8 Å². The van der Waals surface area contributed by atoms with Gasteiger partial charge < -0.3 is 15.5 Å². The SMILES string of the molecule is CCNC(=NCC1(N2CCCCC2)CCCCC1)NC1CCN(C(=O)CC)C1.I. The summed E-state index contributed by atoms with van der Waals surface area (Å²) >= 11 is 0. The molecule has 2 saturated heterocycles. The minimum absolute atomic E-state index is 0. The third-order valence-corrected chi connectivity index (χ3v) is 6.87. The fourth-order valence-electron chi connectivity index (χ4n) is 5.22. The van der Waals surface area contributed by atoms with Gasteiger partial charge in [-0.3, -0.25) is 14.7 Å². The Kier molecular flexibility index (Phi) is 10.5. The van der Waals surface area contributed by atoms with Gasteiger partial charge in [0, 0.05) is 37.6 Å². The van der Waals surface area contributed by atoms with Gasteiger partial charge in [0.25, 0.3) is 0 Å². The summed E-state index contributed by atoms with van der Waals surface area (Å²) in [5, 5.41) is 7.06. The summed E-state index contributed by atoms with van der Waals surface area (Å²) in [7, 11) is 0. The Labute approximate surface area is 194 Å². The lowest BCUT2D eigenvalue weighted by Crippen LogP contribution is -2.55. The van der Waals surface area contributed by atoms with Crippen LogP contribution in [0.4, 0.5) is 0 Å². The van der Waals surface area contributed by atoms with E-state index in [1.165, 1.54) is 64.5 Å². The van der Waals surface area contributed by atoms with Crippen molar-refractivity contribution in [2.45, 2.75) is 89.6 Å². The molecule has 29 heavy (non-hydrogen) atoms. The van der Waals surface area contributed by atoms with Gasteiger partial charge in [0.05, 0.1) is 6.54 Å². The topological polar surface area (TPSA) is 60.0 Å². The molecule has 0 aromatic heterocycles. The highest BCUT2D eigenvalue weighted by molar-refractivity contribution is 14.0. The van der Waals surface area contributed by atoms with Gasteiger partial charge in [0.1, 0.15) is 0 Å². The van der Waals surface area contributed by atoms with Crippen LogP contribution in [0.25, 0.3) is 0 Å². The van der Waals surface area contributed by atoms with Crippen molar-refractivity contribution in [1.82, 2.24) is 20.4 Å². The van der Waals surface area contributed by atoms with Crippen LogP contribution in [0.5, 0.6) is 0 Å². The van der Waals surface area contributed by atoms with Crippen LogP contribution in [0, 0.1) is 0 Å². The highest BCUT2D eigenvalue weighted by atomic mass is 127. The molecule has 3 rings (SSSR count). The number of hydrogen-bond donors (Lipinski definition) is 2. The van der Waals surface area contributed by atoms with Crippen molar-refractivity contribution in [2.75, 3.05) is 39.3 Å². The van der Waals surface area contributed by atoms with Gasteiger partial charge in [-0.25, -0.2) is 0 Å². The maximum absolute atomic E-state index is 12.0. The lowest BCUT2D eigenvalue weighted by molar-refractivity contribution is -0.129. The number of aliphatic imine (C=N–C) groups is 1. The van der Waals surface area contributed by atoms with E-state index < -0.39 is 0 Å². The van der Waals surface area contributed by atoms with E-state index in [2.05, 4.69) is 22.5 Å². The van der Waals surface area contributed by atoms with Crippen LogP contribution in [0.1, 0.15) is 78.1 Å². The summed E-state index contributed by atoms with van der Waals surface area (Å²) in [4.78, 5) is 21.8. The highest BCUT2D eigenvalue weighted by Crippen LogP contribution is 2.35. The Balaban J connectivity index is 0.00000300. The first-order valence-electron chi connectivity index (χ1n) is 11.7. The maximum Gasteiger partial charge on any atom is 0.222 e. The normalized spacial score (nSPS) is 25.4. The quantitative estimate of drug-likeness (QED) is 0.321. The summed E-state index contributed by atoms with van der Waals surface area (Å²) in [5.74, 6) is 1.19. The number of carbonyl (C=O) groups excluding carboxylic acids is 1. The number of carbonyl (C=O) groups is 1. The van der Waals surface area contributed by atoms with Crippen molar-refractivity contribution < 1.29 is 4.79 Å². The molecule has 2 aliphatic heterocycles. The Morgan fingerprint density at radius 1 is 1.03 bits per heavy atom. The summed E-state index contributed by atoms with van der Waals surface area (Å²) in [6.45, 7) is 9.99. The predicted molar refractivity (Wildman–Crippen MR) is 131 cm³/mol. The molecule has 0 aromatic carbocycles. The Bertz CT molecular complexity index is 529. The van der Waals surface area contributed by atoms with E-state index in [4.69, 9.17) is 4.99 Å². The lowest BCUT2D eigenvalue weighted by atomic mass is 9.79. The summed E-state index contributed by atoms with van der Waals surface area (Å²) in [6, 6.07) is 0.311. The van der Waals surface area contributed by atoms with Gasteiger partial charge in [0.2, 0.25) is 5.91 Å². The second kappa shape index (κ2) is 12.3. The third kappa shape index (κ3) is 6.71. The molecule has 3 fully saturated rings. The molecule has 1 saturated carbocycles. The standard InChI is InChI=1S/C22H41N5O.HI/c1-3-20(28)26-16-11-19(17-26)25-21(23-4-2)24-18-22(12-7-5-8-13-22)27-14-9-6-10-15-27;/h19H,3-18H2,1-2H3,(H2,23,24,25);1H. The monoisotopic (exact) mass is 519 g/mol. The molecule has 2 heterocycles. The number of nitrogens with zero attached hydrogens (tertiary/aromatic N) is 3. The fourth-order valence-corrected chi connectivity index (χ4v) is 5.22. The van der Waals surface area contributed by atoms with Crippen LogP contribution >= 0.6 is 24.0 Å². The van der Waals surface area contributed by atoms with Gasteiger partial charge in [0.15, 0.2) is 5.96 Å². The van der Waals surface area contributed by atoms with E-state index in [-0.39, 0.29) is 35.4 Å². The molecule has 0 bridgehead atoms. The molecule has 1 atom stereocenters. The zero-order valence-corrected chi connectivity index (χ0v) is 20.9. The van der Waals surface area contributed by atoms with E-state index in [1.54, 1.807) is 0 Å². The van der Waals surface area contributed by atoms with Crippen LogP contribution < -0.4 is 10.6 Å². The van der Waals surface area contributed by atoms with Gasteiger partial charge in [-0.15, -0.1) is 24.0 Å². The molecule has 1 amide bonds. The summed E-state index contributed by atoms with van der Waals surface area (Å²) in [6.07, 6.45) is 12.3. The smallest absolute Gasteiger partial charge is 0.222 e. The molecular formula is C22H42IN5O. The van der Waals surface area contributed by atoms with Crippen LogP contribution in [-0.2, 0) is 4.79 Å². The number of piperidine rings is 1. The second-order valence-corrected chi connectivity index (χ2v) is 8.85. The number of hydrogen-bond acceptors (Lipinski definition) is 3. The minimum atomic E-state index is 0. The average molecular weight is 520 g/mol. The largest absolute Gasteiger partial charge is 0.357 e. The molecule has 1 aliphatic carbocycles. The lowest BCUT2D eigenvalue weighted by Gasteiger charge is -2.47. The van der Waals surface area contributed by atoms with Crippen molar-refractivity contribution in [3.8, 4) is 0 Å². The minimum Gasteiger partial charge on any atom is -0.357 e. The predicted octanol–water partition coefficient (Wildman–Crippen LogP) is 3.36. The molecule has 0 radical (unpaired) electrons. The molecule has 2 N–H and O–H groups in total. The van der Waals surface area contributed by atoms with E-state index in [0.29, 0.717) is 12.5 Å². The first-order chi connectivity index (χ1) is 13.7. The first-order valence-corrected chi connectivity index (χ1v) is 11.7. The maximum atomic E-state index is 12.0. The first kappa shape index (κ1) is 24.7. The Hall–Kier alpha value is -0.570. The van der Waals surface area contributed by atoms with Gasteiger partial charge in [-0.1, -0.05) is 32.6 Å². The van der Waals surface area contributed by atoms with Gasteiger partial charge in [-0.05, 0) is 52.1 Å². The molecular weight excluding hydrogens is 477 g/mol. The number of halogens is 1. The van der Waals surface area contributed by atoms with E-state index >= 15 is 0 Å². The number of guanidine groups is 1. The number of amides is 1. The highest BCUT2D eigenvalue weighted by Gasteiger charge is 2.38. The Morgan fingerprint density at radius 3 is 2.38 bits per heavy atom. The fraction of sp³-hybridized carbons (Fsp3) is 0.909. The van der Waals surface area contributed by atoms with Crippen molar-refractivity contribution in [3.05, 3.63) is 0 Å². The summed E-state index contributed by atoms with van der Waals surface area (Å²) < 4.78 is 0. The zero-order valence-electron chi connectivity index (χ0n) is 18.5. The summed E-state index contributed by atoms with van der Waals surface area (Å²) in [5.41, 5.74) is 0.265. The second-order valence-electron chi connectivity index (χ2n) is 8.85. The van der Waals surface area contributed by atoms with Crippen LogP contribution in [0.3, 0.4) is 0 Å². The van der Waals surface area contributed by atoms with Gasteiger partial charge >= 0.3 is 0 Å². The molecule has 3 aliphatic rings. The molecule has 6 nitrogen and oxygen atoms in total. The zero-order chi connectivity index (χ0) is 19.8.